The Bertz CT molecular complexity index is 19.7. The summed E-state index contributed by atoms with van der Waals surface area (Å²) in [6, 6.07) is 0. The summed E-state index contributed by atoms with van der Waals surface area (Å²) in [5.74, 6) is 0. The van der Waals surface area contributed by atoms with Gasteiger partial charge in [0.2, 0.25) is 0 Å². The molecule has 0 rings (SSSR count). The molecule has 0 fully saturated rings. The molecule has 0 saturated heterocycles. The maximum absolute atomic E-state index is 2.12. The molecule has 31 heavy (non-hydrogen) atoms. The minimum atomic E-state index is 1.25. The van der Waals surface area contributed by atoms with Crippen molar-refractivity contribution in [2.24, 2.45) is 0 Å². The zero-order chi connectivity index (χ0) is 28.9. The molecule has 0 radical (unpaired) electrons. The third-order valence-corrected chi connectivity index (χ3v) is 0. The molecule has 0 nitrogen and oxygen atoms in total. The molecule has 0 saturated carbocycles. The third-order valence-electron chi connectivity index (χ3n) is 0. The first-order chi connectivity index (χ1) is 14.9. The fraction of sp³-hybridized carbons (Fsp3) is 1.00. The average Bonchev–Trinajstić information content (AvgIpc) is 2.79. The molecular formula is C31H86. The maximum Gasteiger partial charge on any atom is -0.0590 e. The molecule has 0 aromatic heterocycles. The topological polar surface area (TPSA) is 0 Å². The van der Waals surface area contributed by atoms with Gasteiger partial charge >= 0.3 is 0 Å². The van der Waals surface area contributed by atoms with Crippen molar-refractivity contribution in [2.75, 3.05) is 0 Å². The highest BCUT2D eigenvalue weighted by molar-refractivity contribution is 3.94. The van der Waals surface area contributed by atoms with E-state index in [-0.39, 0.29) is 0 Å². The Morgan fingerprint density at radius 3 is 0.161 bits per heavy atom. The van der Waals surface area contributed by atoms with Crippen LogP contribution in [0.25, 0.3) is 0 Å². The predicted molar refractivity (Wildman–Crippen MR) is 168 cm³/mol. The normalized spacial score (nSPS) is 5.03. The van der Waals surface area contributed by atoms with Gasteiger partial charge in [-0.1, -0.05) is 211 Å². The zero-order valence-corrected chi connectivity index (χ0v) is 28.9. The van der Waals surface area contributed by atoms with E-state index >= 15 is 0 Å². The molecule has 0 aromatic carbocycles. The highest BCUT2D eigenvalue weighted by atomic mass is 13.4. The van der Waals surface area contributed by atoms with E-state index in [2.05, 4.69) is 96.9 Å². The average molecular weight is 459 g/mol. The number of rotatable bonds is 0. The molecule has 0 atom stereocenters. The van der Waals surface area contributed by atoms with Gasteiger partial charge in [0, 0.05) is 0 Å². The van der Waals surface area contributed by atoms with Crippen molar-refractivity contribution in [3.8, 4) is 0 Å². The molecule has 0 amide bonds. The van der Waals surface area contributed by atoms with Crippen LogP contribution in [-0.4, -0.2) is 0 Å². The first kappa shape index (κ1) is 77.3. The minimum Gasteiger partial charge on any atom is -0.0683 e. The van der Waals surface area contributed by atoms with Gasteiger partial charge in [0.05, 0.1) is 0 Å². The van der Waals surface area contributed by atoms with Gasteiger partial charge in [0.1, 0.15) is 0 Å². The number of hydrogen-bond acceptors (Lipinski definition) is 0. The van der Waals surface area contributed by atoms with Crippen molar-refractivity contribution in [3.63, 3.8) is 0 Å². The lowest BCUT2D eigenvalue weighted by molar-refractivity contribution is 1.09. The summed E-state index contributed by atoms with van der Waals surface area (Å²) in [6.07, 6.45) is 8.75. The quantitative estimate of drug-likeness (QED) is 0.338. The van der Waals surface area contributed by atoms with Gasteiger partial charge < -0.3 is 0 Å². The van der Waals surface area contributed by atoms with Crippen LogP contribution in [0.4, 0.5) is 0 Å². The first-order valence-electron chi connectivity index (χ1n) is 14.9. The van der Waals surface area contributed by atoms with Crippen molar-refractivity contribution >= 4 is 0 Å². The standard InChI is InChI=1S/7C3H8.5C2H6/c7*1-3-2;5*1-2/h7*3H2,1-2H3;5*1-2H3. The van der Waals surface area contributed by atoms with E-state index < -0.39 is 0 Å². The van der Waals surface area contributed by atoms with Crippen LogP contribution in [-0.2, 0) is 0 Å². The Balaban J connectivity index is -0.0000000128. The molecule has 0 heteroatoms. The van der Waals surface area contributed by atoms with Crippen LogP contribution >= 0.6 is 0 Å². The highest BCUT2D eigenvalue weighted by Gasteiger charge is 1.37. The first-order valence-corrected chi connectivity index (χ1v) is 14.9. The molecule has 0 N–H and O–H groups in total. The molecule has 0 aliphatic carbocycles. The Morgan fingerprint density at radius 1 is 0.161 bits per heavy atom. The van der Waals surface area contributed by atoms with E-state index in [0.29, 0.717) is 0 Å². The van der Waals surface area contributed by atoms with Crippen LogP contribution in [0.5, 0.6) is 0 Å². The van der Waals surface area contributed by atoms with Crippen LogP contribution in [0.3, 0.4) is 0 Å². The van der Waals surface area contributed by atoms with Gasteiger partial charge in [-0.2, -0.15) is 0 Å². The van der Waals surface area contributed by atoms with E-state index in [9.17, 15) is 0 Å². The van der Waals surface area contributed by atoms with Crippen LogP contribution in [0.15, 0.2) is 0 Å². The highest BCUT2D eigenvalue weighted by Crippen LogP contribution is 1.58. The van der Waals surface area contributed by atoms with Crippen LogP contribution in [0.2, 0.25) is 0 Å². The summed E-state index contributed by atoms with van der Waals surface area (Å²) in [6.45, 7) is 49.8. The second-order valence-corrected chi connectivity index (χ2v) is 4.95. The number of hydrogen-bond donors (Lipinski definition) is 0. The van der Waals surface area contributed by atoms with E-state index in [4.69, 9.17) is 0 Å². The van der Waals surface area contributed by atoms with Gasteiger partial charge in [-0.15, -0.1) is 0 Å². The molecule has 0 spiro atoms. The summed E-state index contributed by atoms with van der Waals surface area (Å²) in [7, 11) is 0. The molecule has 0 aliphatic heterocycles. The SMILES string of the molecule is CC.CC.CC.CC.CC.CCC.CCC.CCC.CCC.CCC.CCC.CCC. The summed E-state index contributed by atoms with van der Waals surface area (Å²) >= 11 is 0. The van der Waals surface area contributed by atoms with Gasteiger partial charge in [0.25, 0.3) is 0 Å². The summed E-state index contributed by atoms with van der Waals surface area (Å²) in [5.41, 5.74) is 0. The fourth-order valence-electron chi connectivity index (χ4n) is 0. The maximum atomic E-state index is 2.12. The van der Waals surface area contributed by atoms with Crippen molar-refractivity contribution in [2.45, 2.75) is 211 Å². The smallest absolute Gasteiger partial charge is 0.0590 e. The van der Waals surface area contributed by atoms with Crippen molar-refractivity contribution in [1.82, 2.24) is 0 Å². The Morgan fingerprint density at radius 2 is 0.161 bits per heavy atom. The third kappa shape index (κ3) is 0. The predicted octanol–water partition coefficient (Wildman–Crippen LogP) is 15.0. The Labute approximate surface area is 211 Å². The monoisotopic (exact) mass is 459 g/mol. The van der Waals surface area contributed by atoms with Crippen molar-refractivity contribution in [3.05, 3.63) is 0 Å². The lowest BCUT2D eigenvalue weighted by Crippen LogP contribution is -1.27. The second-order valence-electron chi connectivity index (χ2n) is 4.95. The molecule has 0 aliphatic rings. The lowest BCUT2D eigenvalue weighted by Gasteiger charge is -1.48. The largest absolute Gasteiger partial charge is 0.0683 e. The lowest BCUT2D eigenvalue weighted by atomic mass is 10.6. The van der Waals surface area contributed by atoms with Gasteiger partial charge in [-0.05, 0) is 0 Å². The van der Waals surface area contributed by atoms with Crippen LogP contribution in [0.1, 0.15) is 211 Å². The summed E-state index contributed by atoms with van der Waals surface area (Å²) < 4.78 is 0. The fourth-order valence-corrected chi connectivity index (χ4v) is 0. The molecule has 0 unspecified atom stereocenters. The van der Waals surface area contributed by atoms with Crippen molar-refractivity contribution in [1.29, 1.82) is 0 Å². The van der Waals surface area contributed by atoms with Gasteiger partial charge in [-0.3, -0.25) is 0 Å². The van der Waals surface area contributed by atoms with Gasteiger partial charge in [0.15, 0.2) is 0 Å². The van der Waals surface area contributed by atoms with Crippen LogP contribution in [0, 0.1) is 0 Å². The Kier molecular flexibility index (Phi) is 1280. The van der Waals surface area contributed by atoms with Crippen molar-refractivity contribution < 1.29 is 0 Å². The van der Waals surface area contributed by atoms with E-state index in [0.717, 1.165) is 0 Å². The summed E-state index contributed by atoms with van der Waals surface area (Å²) in [5, 5.41) is 0. The molecule has 210 valence electrons. The van der Waals surface area contributed by atoms with Gasteiger partial charge in [-0.25, -0.2) is 0 Å². The van der Waals surface area contributed by atoms with Crippen LogP contribution < -0.4 is 0 Å². The molecule has 0 aromatic rings. The molecule has 0 bridgehead atoms. The molecular weight excluding hydrogens is 372 g/mol. The Hall–Kier alpha value is 0. The van der Waals surface area contributed by atoms with E-state index in [1.807, 2.05) is 69.2 Å². The van der Waals surface area contributed by atoms with E-state index in [1.165, 1.54) is 44.9 Å². The van der Waals surface area contributed by atoms with E-state index in [1.54, 1.807) is 0 Å². The zero-order valence-electron chi connectivity index (χ0n) is 28.9. The molecule has 0 heterocycles. The summed E-state index contributed by atoms with van der Waals surface area (Å²) in [4.78, 5) is 0. The minimum absolute atomic E-state index is 1.25. The second kappa shape index (κ2) is 515.